The number of carbonyl (C=O) groups is 2. The second kappa shape index (κ2) is 5.79. The first-order valence-corrected chi connectivity index (χ1v) is 5.90. The molecule has 0 aliphatic carbocycles. The van der Waals surface area contributed by atoms with Crippen LogP contribution in [0.3, 0.4) is 0 Å². The Bertz CT molecular complexity index is 465. The number of primary amides is 1. The molecule has 4 N–H and O–H groups in total. The van der Waals surface area contributed by atoms with Gasteiger partial charge >= 0.3 is 5.97 Å². The van der Waals surface area contributed by atoms with Crippen molar-refractivity contribution in [3.8, 4) is 0 Å². The Morgan fingerprint density at radius 2 is 2.12 bits per heavy atom. The summed E-state index contributed by atoms with van der Waals surface area (Å²) in [5.41, 5.74) is 11.3. The third kappa shape index (κ3) is 3.54. The van der Waals surface area contributed by atoms with Crippen LogP contribution in [0.2, 0.25) is 5.02 Å². The van der Waals surface area contributed by atoms with E-state index in [0.29, 0.717) is 10.6 Å². The van der Waals surface area contributed by atoms with Gasteiger partial charge in [-0.15, -0.1) is 11.8 Å². The number of nitrogen functional groups attached to an aromatic ring is 1. The predicted molar refractivity (Wildman–Crippen MR) is 67.1 cm³/mol. The Morgan fingerprint density at radius 1 is 1.47 bits per heavy atom. The summed E-state index contributed by atoms with van der Waals surface area (Å²) in [6.45, 7) is 0. The van der Waals surface area contributed by atoms with Gasteiger partial charge in [-0.1, -0.05) is 11.6 Å². The number of carbonyl (C=O) groups excluding carboxylic acids is 2. The second-order valence-corrected chi connectivity index (χ2v) is 4.50. The summed E-state index contributed by atoms with van der Waals surface area (Å²) < 4.78 is 4.49. The first-order valence-electron chi connectivity index (χ1n) is 4.54. The number of esters is 1. The first-order chi connectivity index (χ1) is 7.95. The molecule has 0 unspecified atom stereocenters. The summed E-state index contributed by atoms with van der Waals surface area (Å²) >= 11 is 7.03. The topological polar surface area (TPSA) is 95.4 Å². The molecule has 1 amide bonds. The number of thioether (sulfide) groups is 1. The molecule has 0 aliphatic rings. The van der Waals surface area contributed by atoms with Crippen LogP contribution in [0.25, 0.3) is 0 Å². The van der Waals surface area contributed by atoms with Gasteiger partial charge in [0.05, 0.1) is 23.4 Å². The number of amides is 1. The van der Waals surface area contributed by atoms with E-state index in [2.05, 4.69) is 4.74 Å². The van der Waals surface area contributed by atoms with Crippen molar-refractivity contribution in [1.29, 1.82) is 0 Å². The van der Waals surface area contributed by atoms with Gasteiger partial charge in [0.25, 0.3) is 0 Å². The van der Waals surface area contributed by atoms with Crippen LogP contribution in [-0.4, -0.2) is 24.7 Å². The molecule has 1 aromatic rings. The van der Waals surface area contributed by atoms with E-state index in [-0.39, 0.29) is 16.3 Å². The van der Waals surface area contributed by atoms with E-state index >= 15 is 0 Å². The molecule has 0 radical (unpaired) electrons. The van der Waals surface area contributed by atoms with Gasteiger partial charge < -0.3 is 16.2 Å². The number of methoxy groups -OCH3 is 1. The minimum atomic E-state index is -0.647. The molecule has 92 valence electrons. The Balaban J connectivity index is 3.04. The number of hydrogen-bond acceptors (Lipinski definition) is 5. The van der Waals surface area contributed by atoms with Crippen LogP contribution in [0, 0.1) is 0 Å². The van der Waals surface area contributed by atoms with E-state index in [1.807, 2.05) is 0 Å². The third-order valence-corrected chi connectivity index (χ3v) is 3.41. The summed E-state index contributed by atoms with van der Waals surface area (Å²) in [7, 11) is 1.28. The minimum absolute atomic E-state index is 0.0421. The van der Waals surface area contributed by atoms with E-state index in [1.165, 1.54) is 19.2 Å². The van der Waals surface area contributed by atoms with Crippen molar-refractivity contribution in [1.82, 2.24) is 0 Å². The molecular formula is C10H11ClN2O3S. The molecular weight excluding hydrogens is 264 g/mol. The van der Waals surface area contributed by atoms with E-state index in [0.717, 1.165) is 11.8 Å². The highest BCUT2D eigenvalue weighted by molar-refractivity contribution is 8.00. The predicted octanol–water partition coefficient (Wildman–Crippen LogP) is 1.29. The molecule has 17 heavy (non-hydrogen) atoms. The lowest BCUT2D eigenvalue weighted by atomic mass is 10.2. The van der Waals surface area contributed by atoms with Crippen molar-refractivity contribution in [2.24, 2.45) is 5.73 Å². The zero-order valence-electron chi connectivity index (χ0n) is 9.03. The molecule has 5 nitrogen and oxygen atoms in total. The molecule has 0 aromatic heterocycles. The third-order valence-electron chi connectivity index (χ3n) is 1.89. The van der Waals surface area contributed by atoms with Crippen molar-refractivity contribution in [2.75, 3.05) is 18.6 Å². The number of anilines is 1. The highest BCUT2D eigenvalue weighted by Gasteiger charge is 2.15. The smallest absolute Gasteiger partial charge is 0.315 e. The fraction of sp³-hybridized carbons (Fsp3) is 0.200. The minimum Gasteiger partial charge on any atom is -0.468 e. The van der Waals surface area contributed by atoms with Gasteiger partial charge in [0.2, 0.25) is 5.91 Å². The fourth-order valence-corrected chi connectivity index (χ4v) is 2.42. The molecule has 0 atom stereocenters. The Kier molecular flexibility index (Phi) is 4.65. The van der Waals surface area contributed by atoms with Crippen LogP contribution in [0.1, 0.15) is 10.4 Å². The Labute approximate surface area is 107 Å². The van der Waals surface area contributed by atoms with Crippen LogP contribution in [0.5, 0.6) is 0 Å². The van der Waals surface area contributed by atoms with Gasteiger partial charge in [0.15, 0.2) is 0 Å². The van der Waals surface area contributed by atoms with Crippen molar-refractivity contribution in [2.45, 2.75) is 4.90 Å². The van der Waals surface area contributed by atoms with Gasteiger partial charge in [0.1, 0.15) is 0 Å². The van der Waals surface area contributed by atoms with E-state index < -0.39 is 11.9 Å². The maximum absolute atomic E-state index is 11.2. The van der Waals surface area contributed by atoms with Crippen molar-refractivity contribution in [3.63, 3.8) is 0 Å². The van der Waals surface area contributed by atoms with Crippen molar-refractivity contribution < 1.29 is 14.3 Å². The number of hydrogen-bond donors (Lipinski definition) is 2. The van der Waals surface area contributed by atoms with Gasteiger partial charge in [-0.2, -0.15) is 0 Å². The zero-order valence-corrected chi connectivity index (χ0v) is 10.6. The summed E-state index contributed by atoms with van der Waals surface area (Å²) in [4.78, 5) is 22.7. The number of benzene rings is 1. The molecule has 7 heteroatoms. The average molecular weight is 275 g/mol. The number of halogens is 1. The molecule has 0 spiro atoms. The number of rotatable bonds is 4. The standard InChI is InChI=1S/C10H11ClN2O3S/c1-16-8(14)4-17-9-6(10(13)15)2-5(12)3-7(9)11/h2-3H,4,12H2,1H3,(H2,13,15). The molecule has 0 bridgehead atoms. The Morgan fingerprint density at radius 3 is 2.65 bits per heavy atom. The average Bonchev–Trinajstić information content (AvgIpc) is 2.26. The lowest BCUT2D eigenvalue weighted by molar-refractivity contribution is -0.137. The number of nitrogens with two attached hydrogens (primary N) is 2. The summed E-state index contributed by atoms with van der Waals surface area (Å²) in [6, 6.07) is 2.92. The molecule has 0 saturated heterocycles. The highest BCUT2D eigenvalue weighted by Crippen LogP contribution is 2.32. The van der Waals surface area contributed by atoms with Gasteiger partial charge in [-0.25, -0.2) is 0 Å². The first kappa shape index (κ1) is 13.7. The maximum atomic E-state index is 11.2. The van der Waals surface area contributed by atoms with Crippen LogP contribution >= 0.6 is 23.4 Å². The summed E-state index contributed by atoms with van der Waals surface area (Å²) in [5, 5.41) is 0.285. The fourth-order valence-electron chi connectivity index (χ4n) is 1.13. The molecule has 1 aromatic carbocycles. The van der Waals surface area contributed by atoms with Gasteiger partial charge in [-0.05, 0) is 12.1 Å². The van der Waals surface area contributed by atoms with Crippen molar-refractivity contribution >= 4 is 40.9 Å². The van der Waals surface area contributed by atoms with Crippen LogP contribution in [-0.2, 0) is 9.53 Å². The molecule has 0 aliphatic heterocycles. The number of ether oxygens (including phenoxy) is 1. The largest absolute Gasteiger partial charge is 0.468 e. The maximum Gasteiger partial charge on any atom is 0.315 e. The van der Waals surface area contributed by atoms with E-state index in [4.69, 9.17) is 23.1 Å². The summed E-state index contributed by atoms with van der Waals surface area (Å²) in [6.07, 6.45) is 0. The summed E-state index contributed by atoms with van der Waals surface area (Å²) in [5.74, 6) is -1.02. The molecule has 1 rings (SSSR count). The van der Waals surface area contributed by atoms with Gasteiger partial charge in [-0.3, -0.25) is 9.59 Å². The molecule has 0 saturated carbocycles. The van der Waals surface area contributed by atoms with Crippen LogP contribution in [0.4, 0.5) is 5.69 Å². The van der Waals surface area contributed by atoms with E-state index in [9.17, 15) is 9.59 Å². The monoisotopic (exact) mass is 274 g/mol. The van der Waals surface area contributed by atoms with E-state index in [1.54, 1.807) is 0 Å². The van der Waals surface area contributed by atoms with Crippen LogP contribution < -0.4 is 11.5 Å². The zero-order chi connectivity index (χ0) is 13.0. The Hall–Kier alpha value is -1.40. The highest BCUT2D eigenvalue weighted by atomic mass is 35.5. The lowest BCUT2D eigenvalue weighted by Crippen LogP contribution is -2.13. The quantitative estimate of drug-likeness (QED) is 0.490. The SMILES string of the molecule is COC(=O)CSc1c(Cl)cc(N)cc1C(N)=O. The lowest BCUT2D eigenvalue weighted by Gasteiger charge is -2.09. The molecule has 0 heterocycles. The second-order valence-electron chi connectivity index (χ2n) is 3.11. The van der Waals surface area contributed by atoms with Crippen LogP contribution in [0.15, 0.2) is 17.0 Å². The van der Waals surface area contributed by atoms with Gasteiger partial charge in [0, 0.05) is 10.6 Å². The normalized spacial score (nSPS) is 10.0. The van der Waals surface area contributed by atoms with Crippen molar-refractivity contribution in [3.05, 3.63) is 22.7 Å². The molecule has 0 fully saturated rings.